The highest BCUT2D eigenvalue weighted by atomic mass is 16.5. The molecule has 0 spiro atoms. The molecule has 1 aliphatic heterocycles. The number of carbonyl (C=O) groups is 2. The summed E-state index contributed by atoms with van der Waals surface area (Å²) in [5.74, 6) is 1.00. The van der Waals surface area contributed by atoms with Crippen LogP contribution in [-0.4, -0.2) is 78.3 Å². The summed E-state index contributed by atoms with van der Waals surface area (Å²) in [6.45, 7) is 6.15. The van der Waals surface area contributed by atoms with Gasteiger partial charge in [0.05, 0.1) is 23.9 Å². The van der Waals surface area contributed by atoms with Crippen molar-refractivity contribution < 1.29 is 19.4 Å². The standard InChI is InChI=1S/C30H48N4O4/c1-21-17-34(22(2)20-35)29(36)25-15-10-16-26(32-30(37)31-24-13-8-5-9-14-24)28(25)38-27(21)19-33(3)18-23-11-6-4-7-12-23/h10,15-16,21-24,27,35H,4-9,11-14,17-20H2,1-3H3,(H2,31,32,37)/t21-,22-,27-/m0/s1. The van der Waals surface area contributed by atoms with E-state index in [9.17, 15) is 14.7 Å². The molecule has 2 aliphatic carbocycles. The number of benzene rings is 1. The Morgan fingerprint density at radius 3 is 2.47 bits per heavy atom. The topological polar surface area (TPSA) is 94.1 Å². The van der Waals surface area contributed by atoms with Gasteiger partial charge in [-0.2, -0.15) is 0 Å². The van der Waals surface area contributed by atoms with E-state index in [1.54, 1.807) is 23.1 Å². The van der Waals surface area contributed by atoms with Crippen LogP contribution >= 0.6 is 0 Å². The lowest BCUT2D eigenvalue weighted by Gasteiger charge is -2.39. The molecule has 1 aromatic carbocycles. The molecule has 38 heavy (non-hydrogen) atoms. The van der Waals surface area contributed by atoms with Crippen molar-refractivity contribution >= 4 is 17.6 Å². The predicted molar refractivity (Wildman–Crippen MR) is 151 cm³/mol. The van der Waals surface area contributed by atoms with E-state index >= 15 is 0 Å². The Balaban J connectivity index is 1.57. The molecular formula is C30H48N4O4. The number of likely N-dealkylation sites (N-methyl/N-ethyl adjacent to an activating group) is 1. The summed E-state index contributed by atoms with van der Waals surface area (Å²) in [5, 5.41) is 16.0. The number of hydrogen-bond donors (Lipinski definition) is 3. The van der Waals surface area contributed by atoms with Gasteiger partial charge in [0.2, 0.25) is 0 Å². The van der Waals surface area contributed by atoms with Crippen molar-refractivity contribution in [2.45, 2.75) is 96.2 Å². The third-order valence-corrected chi connectivity index (χ3v) is 8.67. The van der Waals surface area contributed by atoms with Gasteiger partial charge in [-0.25, -0.2) is 4.79 Å². The summed E-state index contributed by atoms with van der Waals surface area (Å²) in [5.41, 5.74) is 0.933. The molecule has 0 bridgehead atoms. The van der Waals surface area contributed by atoms with Crippen molar-refractivity contribution in [3.05, 3.63) is 23.8 Å². The number of ether oxygens (including phenoxy) is 1. The SMILES string of the molecule is C[C@H]1CN([C@@H](C)CO)C(=O)c2cccc(NC(=O)NC3CCCCC3)c2O[C@H]1CN(C)CC1CCCCC1. The van der Waals surface area contributed by atoms with Crippen LogP contribution in [0.1, 0.15) is 88.4 Å². The molecule has 3 aliphatic rings. The number of fused-ring (bicyclic) bond motifs is 1. The van der Waals surface area contributed by atoms with E-state index in [1.807, 2.05) is 6.92 Å². The second-order valence-corrected chi connectivity index (χ2v) is 12.0. The molecule has 2 saturated carbocycles. The number of nitrogens with one attached hydrogen (secondary N) is 2. The van der Waals surface area contributed by atoms with Gasteiger partial charge in [-0.3, -0.25) is 4.79 Å². The number of nitrogens with zero attached hydrogens (tertiary/aromatic N) is 2. The summed E-state index contributed by atoms with van der Waals surface area (Å²) in [7, 11) is 2.16. The summed E-state index contributed by atoms with van der Waals surface area (Å²) in [6.07, 6.45) is 11.9. The fraction of sp³-hybridized carbons (Fsp3) is 0.733. The van der Waals surface area contributed by atoms with Gasteiger partial charge in [-0.05, 0) is 57.7 Å². The van der Waals surface area contributed by atoms with Gasteiger partial charge < -0.3 is 30.3 Å². The van der Waals surface area contributed by atoms with E-state index in [0.29, 0.717) is 23.5 Å². The second-order valence-electron chi connectivity index (χ2n) is 12.0. The Morgan fingerprint density at radius 1 is 1.11 bits per heavy atom. The lowest BCUT2D eigenvalue weighted by molar-refractivity contribution is 0.0333. The quantitative estimate of drug-likeness (QED) is 0.447. The van der Waals surface area contributed by atoms with Gasteiger partial charge in [0.15, 0.2) is 5.75 Å². The van der Waals surface area contributed by atoms with Gasteiger partial charge in [0.25, 0.3) is 5.91 Å². The molecule has 0 aromatic heterocycles. The van der Waals surface area contributed by atoms with Gasteiger partial charge in [-0.1, -0.05) is 51.5 Å². The summed E-state index contributed by atoms with van der Waals surface area (Å²) in [4.78, 5) is 30.8. The highest BCUT2D eigenvalue weighted by Gasteiger charge is 2.35. The fourth-order valence-electron chi connectivity index (χ4n) is 6.34. The number of aliphatic hydroxyl groups excluding tert-OH is 1. The Labute approximate surface area is 228 Å². The van der Waals surface area contributed by atoms with E-state index in [1.165, 1.54) is 38.5 Å². The normalized spacial score (nSPS) is 24.2. The number of hydrogen-bond acceptors (Lipinski definition) is 5. The maximum Gasteiger partial charge on any atom is 0.319 e. The molecule has 4 rings (SSSR count). The highest BCUT2D eigenvalue weighted by molar-refractivity contribution is 6.01. The Hall–Kier alpha value is -2.32. The van der Waals surface area contributed by atoms with Gasteiger partial charge in [0.1, 0.15) is 6.10 Å². The maximum absolute atomic E-state index is 13.7. The van der Waals surface area contributed by atoms with Crippen LogP contribution in [0.15, 0.2) is 18.2 Å². The molecular weight excluding hydrogens is 480 g/mol. The number of carbonyl (C=O) groups excluding carboxylic acids is 2. The van der Waals surface area contributed by atoms with Crippen LogP contribution in [0.25, 0.3) is 0 Å². The first-order valence-electron chi connectivity index (χ1n) is 14.8. The van der Waals surface area contributed by atoms with Gasteiger partial charge >= 0.3 is 6.03 Å². The van der Waals surface area contributed by atoms with Crippen molar-refractivity contribution in [2.24, 2.45) is 11.8 Å². The first-order valence-corrected chi connectivity index (χ1v) is 14.8. The number of aliphatic hydroxyl groups is 1. The molecule has 0 saturated heterocycles. The minimum absolute atomic E-state index is 0.0408. The Kier molecular flexibility index (Phi) is 10.3. The number of rotatable bonds is 8. The molecule has 3 amide bonds. The zero-order valence-corrected chi connectivity index (χ0v) is 23.6. The second kappa shape index (κ2) is 13.7. The van der Waals surface area contributed by atoms with Crippen LogP contribution < -0.4 is 15.4 Å². The summed E-state index contributed by atoms with van der Waals surface area (Å²) in [6, 6.07) is 4.96. The molecule has 0 unspecified atom stereocenters. The van der Waals surface area contributed by atoms with Crippen LogP contribution in [0.5, 0.6) is 5.75 Å². The van der Waals surface area contributed by atoms with Crippen LogP contribution in [0, 0.1) is 11.8 Å². The Morgan fingerprint density at radius 2 is 1.79 bits per heavy atom. The Bertz CT molecular complexity index is 929. The fourth-order valence-corrected chi connectivity index (χ4v) is 6.34. The largest absolute Gasteiger partial charge is 0.486 e. The molecule has 8 nitrogen and oxygen atoms in total. The lowest BCUT2D eigenvalue weighted by Crippen LogP contribution is -2.50. The first-order chi connectivity index (χ1) is 18.4. The minimum atomic E-state index is -0.317. The third kappa shape index (κ3) is 7.41. The summed E-state index contributed by atoms with van der Waals surface area (Å²) < 4.78 is 6.67. The molecule has 212 valence electrons. The first kappa shape index (κ1) is 28.7. The van der Waals surface area contributed by atoms with Crippen LogP contribution in [0.2, 0.25) is 0 Å². The van der Waals surface area contributed by atoms with E-state index in [2.05, 4.69) is 29.5 Å². The number of para-hydroxylation sites is 1. The lowest BCUT2D eigenvalue weighted by atomic mass is 9.89. The molecule has 1 heterocycles. The smallest absolute Gasteiger partial charge is 0.319 e. The van der Waals surface area contributed by atoms with E-state index < -0.39 is 0 Å². The van der Waals surface area contributed by atoms with Gasteiger partial charge in [-0.15, -0.1) is 0 Å². The highest BCUT2D eigenvalue weighted by Crippen LogP contribution is 2.35. The number of anilines is 1. The molecule has 3 N–H and O–H groups in total. The van der Waals surface area contributed by atoms with Crippen molar-refractivity contribution in [3.8, 4) is 5.75 Å². The molecule has 2 fully saturated rings. The van der Waals surface area contributed by atoms with E-state index in [0.717, 1.165) is 44.7 Å². The zero-order chi connectivity index (χ0) is 27.1. The predicted octanol–water partition coefficient (Wildman–Crippen LogP) is 4.87. The maximum atomic E-state index is 13.7. The van der Waals surface area contributed by atoms with Gasteiger partial charge in [0, 0.05) is 31.6 Å². The minimum Gasteiger partial charge on any atom is -0.486 e. The van der Waals surface area contributed by atoms with E-state index in [4.69, 9.17) is 4.74 Å². The molecule has 1 aromatic rings. The average Bonchev–Trinajstić information content (AvgIpc) is 2.91. The molecule has 8 heteroatoms. The van der Waals surface area contributed by atoms with Crippen LogP contribution in [0.4, 0.5) is 10.5 Å². The van der Waals surface area contributed by atoms with Crippen LogP contribution in [-0.2, 0) is 0 Å². The number of amides is 3. The molecule has 3 atom stereocenters. The summed E-state index contributed by atoms with van der Waals surface area (Å²) >= 11 is 0. The average molecular weight is 529 g/mol. The van der Waals surface area contributed by atoms with Crippen molar-refractivity contribution in [3.63, 3.8) is 0 Å². The third-order valence-electron chi connectivity index (χ3n) is 8.67. The van der Waals surface area contributed by atoms with Crippen molar-refractivity contribution in [2.75, 3.05) is 38.6 Å². The zero-order valence-electron chi connectivity index (χ0n) is 23.6. The van der Waals surface area contributed by atoms with Crippen molar-refractivity contribution in [1.29, 1.82) is 0 Å². The van der Waals surface area contributed by atoms with E-state index in [-0.39, 0.29) is 42.7 Å². The monoisotopic (exact) mass is 528 g/mol. The van der Waals surface area contributed by atoms with Crippen LogP contribution in [0.3, 0.4) is 0 Å². The van der Waals surface area contributed by atoms with Crippen molar-refractivity contribution in [1.82, 2.24) is 15.1 Å². The molecule has 0 radical (unpaired) electrons. The number of urea groups is 1.